The van der Waals surface area contributed by atoms with E-state index in [1.807, 2.05) is 24.3 Å². The molecule has 0 spiro atoms. The van der Waals surface area contributed by atoms with Gasteiger partial charge in [0.05, 0.1) is 11.2 Å². The average Bonchev–Trinajstić information content (AvgIpc) is 3.02. The van der Waals surface area contributed by atoms with Gasteiger partial charge in [-0.3, -0.25) is 5.10 Å². The summed E-state index contributed by atoms with van der Waals surface area (Å²) in [6, 6.07) is 18.5. The Morgan fingerprint density at radius 3 is 2.44 bits per heavy atom. The number of pyridine rings is 1. The van der Waals surface area contributed by atoms with Gasteiger partial charge in [0.15, 0.2) is 5.82 Å². The third-order valence-corrected chi connectivity index (χ3v) is 4.66. The molecule has 2 heterocycles. The van der Waals surface area contributed by atoms with Crippen LogP contribution in [-0.2, 0) is 0 Å². The molecule has 25 heavy (non-hydrogen) atoms. The third kappa shape index (κ3) is 2.76. The van der Waals surface area contributed by atoms with Gasteiger partial charge in [-0.05, 0) is 55.7 Å². The van der Waals surface area contributed by atoms with Gasteiger partial charge < -0.3 is 5.32 Å². The van der Waals surface area contributed by atoms with Crippen molar-refractivity contribution in [3.05, 3.63) is 71.3 Å². The van der Waals surface area contributed by atoms with Crippen LogP contribution >= 0.6 is 0 Å². The number of anilines is 2. The fourth-order valence-electron chi connectivity index (χ4n) is 3.03. The molecule has 2 N–H and O–H groups in total. The monoisotopic (exact) mass is 328 g/mol. The van der Waals surface area contributed by atoms with Crippen molar-refractivity contribution in [1.82, 2.24) is 15.2 Å². The summed E-state index contributed by atoms with van der Waals surface area (Å²) < 4.78 is 0. The van der Waals surface area contributed by atoms with Crippen LogP contribution in [0.25, 0.3) is 22.2 Å². The zero-order valence-electron chi connectivity index (χ0n) is 14.6. The second-order valence-electron chi connectivity index (χ2n) is 6.36. The Kier molecular flexibility index (Phi) is 3.73. The highest BCUT2D eigenvalue weighted by Crippen LogP contribution is 2.30. The number of fused-ring (bicyclic) bond motifs is 1. The van der Waals surface area contributed by atoms with Crippen molar-refractivity contribution in [2.75, 3.05) is 5.32 Å². The quantitative estimate of drug-likeness (QED) is 0.537. The summed E-state index contributed by atoms with van der Waals surface area (Å²) in [6.07, 6.45) is 0. The second-order valence-corrected chi connectivity index (χ2v) is 6.36. The molecule has 0 fully saturated rings. The van der Waals surface area contributed by atoms with Crippen molar-refractivity contribution >= 4 is 22.5 Å². The smallest absolute Gasteiger partial charge is 0.161 e. The van der Waals surface area contributed by atoms with Gasteiger partial charge in [-0.25, -0.2) is 4.98 Å². The lowest BCUT2D eigenvalue weighted by atomic mass is 10.0. The van der Waals surface area contributed by atoms with Crippen LogP contribution in [0.3, 0.4) is 0 Å². The zero-order valence-corrected chi connectivity index (χ0v) is 14.6. The summed E-state index contributed by atoms with van der Waals surface area (Å²) in [5.74, 6) is 1.64. The average molecular weight is 328 g/mol. The molecule has 0 aliphatic rings. The molecule has 124 valence electrons. The van der Waals surface area contributed by atoms with Gasteiger partial charge in [0.25, 0.3) is 0 Å². The van der Waals surface area contributed by atoms with Crippen LogP contribution in [0.4, 0.5) is 11.6 Å². The summed E-state index contributed by atoms with van der Waals surface area (Å²) in [4.78, 5) is 4.88. The molecule has 0 saturated heterocycles. The molecule has 4 aromatic rings. The van der Waals surface area contributed by atoms with E-state index in [9.17, 15) is 0 Å². The molecule has 2 aromatic heterocycles. The number of H-pyrrole nitrogens is 1. The van der Waals surface area contributed by atoms with Crippen molar-refractivity contribution in [3.8, 4) is 11.3 Å². The predicted molar refractivity (Wildman–Crippen MR) is 103 cm³/mol. The van der Waals surface area contributed by atoms with E-state index in [-0.39, 0.29) is 0 Å². The molecule has 0 unspecified atom stereocenters. The molecule has 4 heteroatoms. The second kappa shape index (κ2) is 6.06. The van der Waals surface area contributed by atoms with E-state index in [0.29, 0.717) is 0 Å². The lowest BCUT2D eigenvalue weighted by Crippen LogP contribution is -2.01. The van der Waals surface area contributed by atoms with Gasteiger partial charge in [0.2, 0.25) is 0 Å². The Labute approximate surface area is 146 Å². The van der Waals surface area contributed by atoms with Gasteiger partial charge in [0.1, 0.15) is 5.82 Å². The Balaban J connectivity index is 1.81. The number of aromatic nitrogens is 3. The van der Waals surface area contributed by atoms with Crippen molar-refractivity contribution in [1.29, 1.82) is 0 Å². The minimum absolute atomic E-state index is 0.799. The number of para-hydroxylation sites is 1. The van der Waals surface area contributed by atoms with Crippen LogP contribution in [0.2, 0.25) is 0 Å². The lowest BCUT2D eigenvalue weighted by Gasteiger charge is -2.13. The molecular formula is C21H20N4. The van der Waals surface area contributed by atoms with Crippen molar-refractivity contribution < 1.29 is 0 Å². The molecule has 4 nitrogen and oxygen atoms in total. The van der Waals surface area contributed by atoms with Crippen LogP contribution in [0, 0.1) is 20.8 Å². The molecular weight excluding hydrogens is 308 g/mol. The Morgan fingerprint density at radius 2 is 1.60 bits per heavy atom. The molecule has 0 atom stereocenters. The number of aryl methyl sites for hydroxylation is 2. The topological polar surface area (TPSA) is 53.6 Å². The molecule has 2 aromatic carbocycles. The minimum atomic E-state index is 0.799. The van der Waals surface area contributed by atoms with E-state index in [1.165, 1.54) is 11.1 Å². The van der Waals surface area contributed by atoms with Gasteiger partial charge in [-0.15, -0.1) is 0 Å². The maximum atomic E-state index is 4.88. The summed E-state index contributed by atoms with van der Waals surface area (Å²) in [6.45, 7) is 6.31. The molecule has 4 rings (SSSR count). The van der Waals surface area contributed by atoms with Crippen LogP contribution in [0.1, 0.15) is 16.7 Å². The molecule has 0 amide bonds. The first-order valence-electron chi connectivity index (χ1n) is 8.38. The zero-order chi connectivity index (χ0) is 17.4. The largest absolute Gasteiger partial charge is 0.323 e. The summed E-state index contributed by atoms with van der Waals surface area (Å²) >= 11 is 0. The summed E-state index contributed by atoms with van der Waals surface area (Å²) in [5.41, 5.74) is 6.69. The number of hydrogen-bond donors (Lipinski definition) is 2. The highest BCUT2D eigenvalue weighted by molar-refractivity contribution is 5.91. The summed E-state index contributed by atoms with van der Waals surface area (Å²) in [7, 11) is 0. The van der Waals surface area contributed by atoms with Crippen LogP contribution < -0.4 is 5.32 Å². The van der Waals surface area contributed by atoms with E-state index in [2.05, 4.69) is 66.6 Å². The third-order valence-electron chi connectivity index (χ3n) is 4.66. The maximum absolute atomic E-state index is 4.88. The van der Waals surface area contributed by atoms with Gasteiger partial charge in [-0.1, -0.05) is 36.4 Å². The van der Waals surface area contributed by atoms with Crippen molar-refractivity contribution in [2.24, 2.45) is 0 Å². The summed E-state index contributed by atoms with van der Waals surface area (Å²) in [5, 5.41) is 11.9. The van der Waals surface area contributed by atoms with E-state index < -0.39 is 0 Å². The fourth-order valence-corrected chi connectivity index (χ4v) is 3.03. The Morgan fingerprint density at radius 1 is 0.840 bits per heavy atom. The first-order chi connectivity index (χ1) is 12.1. The molecule has 0 aliphatic carbocycles. The number of benzene rings is 2. The number of nitrogens with zero attached hydrogens (tertiary/aromatic N) is 2. The predicted octanol–water partition coefficient (Wildman–Crippen LogP) is 5.29. The van der Waals surface area contributed by atoms with E-state index >= 15 is 0 Å². The van der Waals surface area contributed by atoms with Crippen LogP contribution in [0.15, 0.2) is 54.6 Å². The van der Waals surface area contributed by atoms with Crippen LogP contribution in [0.5, 0.6) is 0 Å². The van der Waals surface area contributed by atoms with E-state index in [1.54, 1.807) is 0 Å². The van der Waals surface area contributed by atoms with E-state index in [0.717, 1.165) is 39.4 Å². The highest BCUT2D eigenvalue weighted by Gasteiger charge is 2.12. The highest BCUT2D eigenvalue weighted by atomic mass is 15.2. The molecule has 0 bridgehead atoms. The Hall–Kier alpha value is -3.14. The van der Waals surface area contributed by atoms with E-state index in [4.69, 9.17) is 4.98 Å². The van der Waals surface area contributed by atoms with Gasteiger partial charge in [-0.2, -0.15) is 5.10 Å². The van der Waals surface area contributed by atoms with Crippen molar-refractivity contribution in [2.45, 2.75) is 20.8 Å². The standard InChI is InChI=1S/C21H20N4/c1-13-8-4-5-9-16(13)19-12-14(2)15(3)20(22-19)23-21-17-10-6-7-11-18(17)24-25-21/h4-12H,1-3H3,(H2,22,23,24,25). The minimum Gasteiger partial charge on any atom is -0.323 e. The fraction of sp³-hybridized carbons (Fsp3) is 0.143. The Bertz CT molecular complexity index is 1060. The SMILES string of the molecule is Cc1ccccc1-c1cc(C)c(C)c(Nc2n[nH]c3ccccc23)n1. The number of rotatable bonds is 3. The number of hydrogen-bond acceptors (Lipinski definition) is 3. The van der Waals surface area contributed by atoms with Gasteiger partial charge >= 0.3 is 0 Å². The number of nitrogens with one attached hydrogen (secondary N) is 2. The molecule has 0 aliphatic heterocycles. The van der Waals surface area contributed by atoms with Gasteiger partial charge in [0, 0.05) is 10.9 Å². The molecule has 0 saturated carbocycles. The first kappa shape index (κ1) is 15.4. The van der Waals surface area contributed by atoms with Crippen LogP contribution in [-0.4, -0.2) is 15.2 Å². The normalized spacial score (nSPS) is 11.0. The van der Waals surface area contributed by atoms with Crippen molar-refractivity contribution in [3.63, 3.8) is 0 Å². The molecule has 0 radical (unpaired) electrons. The number of aromatic amines is 1. The maximum Gasteiger partial charge on any atom is 0.161 e. The lowest BCUT2D eigenvalue weighted by molar-refractivity contribution is 1.11. The first-order valence-corrected chi connectivity index (χ1v) is 8.38.